The van der Waals surface area contributed by atoms with Crippen molar-refractivity contribution in [2.24, 2.45) is 14.1 Å². The highest BCUT2D eigenvalue weighted by atomic mass is 15.3. The summed E-state index contributed by atoms with van der Waals surface area (Å²) in [6.07, 6.45) is 3.79. The van der Waals surface area contributed by atoms with Crippen molar-refractivity contribution < 1.29 is 0 Å². The van der Waals surface area contributed by atoms with Gasteiger partial charge in [-0.05, 0) is 0 Å². The summed E-state index contributed by atoms with van der Waals surface area (Å²) in [6.45, 7) is 0.717. The zero-order valence-corrected chi connectivity index (χ0v) is 10.7. The average Bonchev–Trinajstić information content (AvgIpc) is 2.82. The number of anilines is 2. The van der Waals surface area contributed by atoms with Gasteiger partial charge < -0.3 is 14.8 Å². The minimum Gasteiger partial charge on any atom is -0.363 e. The molecule has 0 spiro atoms. The first-order chi connectivity index (χ1) is 8.08. The van der Waals surface area contributed by atoms with Crippen LogP contribution in [-0.4, -0.2) is 33.4 Å². The van der Waals surface area contributed by atoms with Gasteiger partial charge in [0.05, 0.1) is 18.4 Å². The maximum absolute atomic E-state index is 4.36. The fraction of sp³-hybridized carbons (Fsp3) is 0.455. The third kappa shape index (κ3) is 2.41. The third-order valence-electron chi connectivity index (χ3n) is 2.62. The molecule has 0 bridgehead atoms. The van der Waals surface area contributed by atoms with Gasteiger partial charge in [-0.25, -0.2) is 4.98 Å². The molecule has 0 aliphatic carbocycles. The van der Waals surface area contributed by atoms with Crippen LogP contribution in [0.15, 0.2) is 18.5 Å². The molecular formula is C11H18N6. The summed E-state index contributed by atoms with van der Waals surface area (Å²) in [5.41, 5.74) is 1.12. The summed E-state index contributed by atoms with van der Waals surface area (Å²) >= 11 is 0. The Bertz CT molecular complexity index is 496. The molecule has 17 heavy (non-hydrogen) atoms. The maximum atomic E-state index is 4.36. The largest absolute Gasteiger partial charge is 0.363 e. The molecule has 0 aromatic carbocycles. The van der Waals surface area contributed by atoms with Crippen LogP contribution in [0, 0.1) is 0 Å². The number of imidazole rings is 1. The number of aromatic nitrogens is 4. The molecule has 0 amide bonds. The monoisotopic (exact) mass is 234 g/mol. The van der Waals surface area contributed by atoms with E-state index in [1.165, 1.54) is 0 Å². The number of nitrogens with one attached hydrogen (secondary N) is 1. The molecule has 92 valence electrons. The van der Waals surface area contributed by atoms with Crippen molar-refractivity contribution in [3.8, 4) is 0 Å². The molecule has 0 saturated heterocycles. The molecule has 2 heterocycles. The van der Waals surface area contributed by atoms with E-state index in [9.17, 15) is 0 Å². The minimum absolute atomic E-state index is 0.717. The van der Waals surface area contributed by atoms with Crippen LogP contribution in [0.2, 0.25) is 0 Å². The van der Waals surface area contributed by atoms with Gasteiger partial charge in [0, 0.05) is 40.5 Å². The van der Waals surface area contributed by atoms with Crippen LogP contribution in [0.25, 0.3) is 0 Å². The minimum atomic E-state index is 0.717. The van der Waals surface area contributed by atoms with E-state index in [2.05, 4.69) is 20.0 Å². The van der Waals surface area contributed by atoms with E-state index >= 15 is 0 Å². The average molecular weight is 234 g/mol. The molecule has 0 unspecified atom stereocenters. The summed E-state index contributed by atoms with van der Waals surface area (Å²) in [7, 11) is 7.88. The highest BCUT2D eigenvalue weighted by molar-refractivity contribution is 5.35. The number of nitrogens with zero attached hydrogens (tertiary/aromatic N) is 5. The van der Waals surface area contributed by atoms with Crippen molar-refractivity contribution in [1.29, 1.82) is 0 Å². The van der Waals surface area contributed by atoms with Crippen LogP contribution in [0.5, 0.6) is 0 Å². The van der Waals surface area contributed by atoms with Crippen LogP contribution in [0.1, 0.15) is 5.69 Å². The quantitative estimate of drug-likeness (QED) is 0.851. The normalized spacial score (nSPS) is 10.6. The van der Waals surface area contributed by atoms with Gasteiger partial charge in [-0.15, -0.1) is 0 Å². The number of hydrogen-bond acceptors (Lipinski definition) is 4. The predicted molar refractivity (Wildman–Crippen MR) is 68.1 cm³/mol. The SMILES string of the molecule is CN(C)c1ncc(CNc2ccn(C)n2)n1C. The van der Waals surface area contributed by atoms with Crippen LogP contribution in [-0.2, 0) is 20.6 Å². The van der Waals surface area contributed by atoms with Gasteiger partial charge in [0.25, 0.3) is 0 Å². The standard InChI is InChI=1S/C11H18N6/c1-15(2)11-13-8-9(17(11)4)7-12-10-5-6-16(3)14-10/h5-6,8H,7H2,1-4H3,(H,12,14). The molecule has 6 nitrogen and oxygen atoms in total. The molecule has 0 fully saturated rings. The number of hydrogen-bond donors (Lipinski definition) is 1. The van der Waals surface area contributed by atoms with E-state index in [1.807, 2.05) is 51.6 Å². The Balaban J connectivity index is 2.04. The first-order valence-corrected chi connectivity index (χ1v) is 5.49. The summed E-state index contributed by atoms with van der Waals surface area (Å²) in [6, 6.07) is 1.95. The smallest absolute Gasteiger partial charge is 0.204 e. The van der Waals surface area contributed by atoms with Crippen molar-refractivity contribution in [3.05, 3.63) is 24.2 Å². The van der Waals surface area contributed by atoms with E-state index < -0.39 is 0 Å². The lowest BCUT2D eigenvalue weighted by Gasteiger charge is -2.12. The van der Waals surface area contributed by atoms with Crippen molar-refractivity contribution in [2.45, 2.75) is 6.54 Å². The number of aryl methyl sites for hydroxylation is 1. The molecule has 6 heteroatoms. The summed E-state index contributed by atoms with van der Waals surface area (Å²) < 4.78 is 3.84. The van der Waals surface area contributed by atoms with Crippen molar-refractivity contribution in [3.63, 3.8) is 0 Å². The van der Waals surface area contributed by atoms with E-state index in [-0.39, 0.29) is 0 Å². The summed E-state index contributed by atoms with van der Waals surface area (Å²) in [4.78, 5) is 6.35. The van der Waals surface area contributed by atoms with E-state index in [0.717, 1.165) is 17.5 Å². The Hall–Kier alpha value is -1.98. The lowest BCUT2D eigenvalue weighted by Crippen LogP contribution is -2.15. The fourth-order valence-corrected chi connectivity index (χ4v) is 1.70. The van der Waals surface area contributed by atoms with Crippen molar-refractivity contribution in [2.75, 3.05) is 24.3 Å². The lowest BCUT2D eigenvalue weighted by molar-refractivity contribution is 0.764. The third-order valence-corrected chi connectivity index (χ3v) is 2.62. The molecule has 0 aliphatic heterocycles. The Morgan fingerprint density at radius 3 is 2.65 bits per heavy atom. The number of rotatable bonds is 4. The molecule has 2 aromatic rings. The summed E-state index contributed by atoms with van der Waals surface area (Å²) in [5, 5.41) is 7.53. The Kier molecular flexibility index (Phi) is 3.03. The highest BCUT2D eigenvalue weighted by Crippen LogP contribution is 2.12. The highest BCUT2D eigenvalue weighted by Gasteiger charge is 2.07. The molecular weight excluding hydrogens is 216 g/mol. The van der Waals surface area contributed by atoms with Gasteiger partial charge in [0.1, 0.15) is 5.82 Å². The van der Waals surface area contributed by atoms with E-state index in [4.69, 9.17) is 0 Å². The molecule has 0 saturated carbocycles. The Morgan fingerprint density at radius 1 is 1.35 bits per heavy atom. The van der Waals surface area contributed by atoms with E-state index in [1.54, 1.807) is 4.68 Å². The molecule has 2 aromatic heterocycles. The van der Waals surface area contributed by atoms with Gasteiger partial charge in [0.15, 0.2) is 0 Å². The fourth-order valence-electron chi connectivity index (χ4n) is 1.70. The van der Waals surface area contributed by atoms with Crippen molar-refractivity contribution >= 4 is 11.8 Å². The van der Waals surface area contributed by atoms with Crippen LogP contribution < -0.4 is 10.2 Å². The van der Waals surface area contributed by atoms with Crippen LogP contribution in [0.3, 0.4) is 0 Å². The Morgan fingerprint density at radius 2 is 2.12 bits per heavy atom. The second-order valence-electron chi connectivity index (χ2n) is 4.23. The van der Waals surface area contributed by atoms with Gasteiger partial charge in [0.2, 0.25) is 5.95 Å². The topological polar surface area (TPSA) is 50.9 Å². The van der Waals surface area contributed by atoms with Gasteiger partial charge in [-0.2, -0.15) is 5.10 Å². The van der Waals surface area contributed by atoms with Gasteiger partial charge >= 0.3 is 0 Å². The lowest BCUT2D eigenvalue weighted by atomic mass is 10.4. The zero-order chi connectivity index (χ0) is 12.4. The van der Waals surface area contributed by atoms with Gasteiger partial charge in [-0.3, -0.25) is 4.68 Å². The molecule has 2 rings (SSSR count). The molecule has 0 radical (unpaired) electrons. The molecule has 0 aliphatic rings. The molecule has 0 atom stereocenters. The van der Waals surface area contributed by atoms with E-state index in [0.29, 0.717) is 6.54 Å². The summed E-state index contributed by atoms with van der Waals surface area (Å²) in [5.74, 6) is 1.82. The van der Waals surface area contributed by atoms with Crippen LogP contribution in [0.4, 0.5) is 11.8 Å². The van der Waals surface area contributed by atoms with Crippen LogP contribution >= 0.6 is 0 Å². The first kappa shape index (κ1) is 11.5. The van der Waals surface area contributed by atoms with Gasteiger partial charge in [-0.1, -0.05) is 0 Å². The maximum Gasteiger partial charge on any atom is 0.204 e. The zero-order valence-electron chi connectivity index (χ0n) is 10.7. The predicted octanol–water partition coefficient (Wildman–Crippen LogP) is 0.832. The second-order valence-corrected chi connectivity index (χ2v) is 4.23. The molecule has 1 N–H and O–H groups in total. The van der Waals surface area contributed by atoms with Crippen molar-refractivity contribution in [1.82, 2.24) is 19.3 Å². The Labute approximate surface area is 101 Å². The first-order valence-electron chi connectivity index (χ1n) is 5.49. The second kappa shape index (κ2) is 4.48.